The lowest BCUT2D eigenvalue weighted by Gasteiger charge is -2.21. The Hall–Kier alpha value is -2.75. The summed E-state index contributed by atoms with van der Waals surface area (Å²) < 4.78 is 25.1. The summed E-state index contributed by atoms with van der Waals surface area (Å²) >= 11 is 0. The van der Waals surface area contributed by atoms with Gasteiger partial charge in [0.05, 0.1) is 29.9 Å². The number of pyridine rings is 1. The van der Waals surface area contributed by atoms with Crippen LogP contribution in [0.15, 0.2) is 37.1 Å². The third-order valence-electron chi connectivity index (χ3n) is 5.19. The third kappa shape index (κ3) is 3.44. The fourth-order valence-corrected chi connectivity index (χ4v) is 6.12. The molecule has 2 aromatic rings. The molecule has 4 rings (SSSR count). The highest BCUT2D eigenvalue weighted by atomic mass is 32.2. The number of nitrogens with one attached hydrogen (secondary N) is 2. The van der Waals surface area contributed by atoms with Crippen molar-refractivity contribution < 1.29 is 18.0 Å². The van der Waals surface area contributed by atoms with Crippen LogP contribution in [0, 0.1) is 5.92 Å². The number of sulfone groups is 1. The van der Waals surface area contributed by atoms with E-state index in [1.807, 2.05) is 6.07 Å². The lowest BCUT2D eigenvalue weighted by atomic mass is 10.0. The lowest BCUT2D eigenvalue weighted by Crippen LogP contribution is -2.42. The molecule has 2 saturated heterocycles. The monoisotopic (exact) mass is 389 g/mol. The molecule has 4 heterocycles. The molecule has 2 N–H and O–H groups in total. The molecule has 2 aliphatic heterocycles. The number of imidazole rings is 1. The minimum Gasteiger partial charge on any atom is -0.347 e. The van der Waals surface area contributed by atoms with E-state index in [2.05, 4.69) is 20.3 Å². The smallest absolute Gasteiger partial charge is 0.269 e. The molecule has 27 heavy (non-hydrogen) atoms. The van der Waals surface area contributed by atoms with Gasteiger partial charge in [0, 0.05) is 37.4 Å². The Morgan fingerprint density at radius 1 is 1.26 bits per heavy atom. The van der Waals surface area contributed by atoms with Gasteiger partial charge in [-0.2, -0.15) is 0 Å². The van der Waals surface area contributed by atoms with Crippen LogP contribution in [0.3, 0.4) is 0 Å². The van der Waals surface area contributed by atoms with Crippen LogP contribution >= 0.6 is 0 Å². The van der Waals surface area contributed by atoms with E-state index in [-0.39, 0.29) is 36.2 Å². The summed E-state index contributed by atoms with van der Waals surface area (Å²) in [4.78, 5) is 36.9. The second-order valence-electron chi connectivity index (χ2n) is 6.91. The molecule has 3 atom stereocenters. The van der Waals surface area contributed by atoms with Gasteiger partial charge >= 0.3 is 0 Å². The zero-order chi connectivity index (χ0) is 19.0. The molecule has 0 aliphatic carbocycles. The minimum atomic E-state index is -3.37. The predicted molar refractivity (Wildman–Crippen MR) is 95.4 cm³/mol. The van der Waals surface area contributed by atoms with Gasteiger partial charge in [-0.3, -0.25) is 14.6 Å². The molecule has 2 amide bonds. The second kappa shape index (κ2) is 6.76. The Balaban J connectivity index is 1.46. The fourth-order valence-electron chi connectivity index (χ4n) is 3.83. The van der Waals surface area contributed by atoms with E-state index in [4.69, 9.17) is 0 Å². The lowest BCUT2D eigenvalue weighted by molar-refractivity contribution is -0.129. The highest BCUT2D eigenvalue weighted by Crippen LogP contribution is 2.34. The Morgan fingerprint density at radius 3 is 2.81 bits per heavy atom. The molecular formula is C17H19N5O4S. The van der Waals surface area contributed by atoms with Crippen molar-refractivity contribution in [3.05, 3.63) is 48.3 Å². The predicted octanol–water partition coefficient (Wildman–Crippen LogP) is -0.599. The Kier molecular flexibility index (Phi) is 4.42. The molecule has 0 bridgehead atoms. The number of carbonyl (C=O) groups is 2. The Bertz CT molecular complexity index is 945. The summed E-state index contributed by atoms with van der Waals surface area (Å²) in [5.74, 6) is -0.938. The molecule has 0 aromatic carbocycles. The highest BCUT2D eigenvalue weighted by molar-refractivity contribution is 7.92. The van der Waals surface area contributed by atoms with E-state index in [0.29, 0.717) is 6.54 Å². The minimum absolute atomic E-state index is 0.104. The molecule has 10 heteroatoms. The summed E-state index contributed by atoms with van der Waals surface area (Å²) in [6.45, 7) is 0.486. The Morgan fingerprint density at radius 2 is 2.11 bits per heavy atom. The number of aromatic amines is 1. The first-order valence-corrected chi connectivity index (χ1v) is 10.3. The van der Waals surface area contributed by atoms with Crippen molar-refractivity contribution in [2.45, 2.75) is 17.7 Å². The van der Waals surface area contributed by atoms with Crippen LogP contribution in [0.25, 0.3) is 0 Å². The number of H-pyrrole nitrogens is 1. The number of carbonyl (C=O) groups excluding carboxylic acids is 2. The van der Waals surface area contributed by atoms with Crippen LogP contribution < -0.4 is 5.32 Å². The van der Waals surface area contributed by atoms with E-state index in [9.17, 15) is 18.0 Å². The molecular weight excluding hydrogens is 370 g/mol. The fraction of sp³-hybridized carbons (Fsp3) is 0.412. The normalized spacial score (nSPS) is 25.9. The zero-order valence-corrected chi connectivity index (χ0v) is 15.2. The largest absolute Gasteiger partial charge is 0.347 e. The SMILES string of the molecule is O=C(N[C@@H]1CS(=O)(=O)[C@H]2CN(C(=O)Cc3cccnc3)C[C@@H]12)c1cnc[nH]1. The molecule has 0 spiro atoms. The number of likely N-dealkylation sites (tertiary alicyclic amines) is 1. The summed E-state index contributed by atoms with van der Waals surface area (Å²) in [7, 11) is -3.37. The average molecular weight is 389 g/mol. The summed E-state index contributed by atoms with van der Waals surface area (Å²) in [5, 5.41) is 2.14. The number of hydrogen-bond acceptors (Lipinski definition) is 6. The van der Waals surface area contributed by atoms with Crippen LogP contribution in [0.5, 0.6) is 0 Å². The quantitative estimate of drug-likeness (QED) is 0.719. The number of rotatable bonds is 4. The topological polar surface area (TPSA) is 125 Å². The van der Waals surface area contributed by atoms with Crippen molar-refractivity contribution in [1.82, 2.24) is 25.2 Å². The number of amides is 2. The van der Waals surface area contributed by atoms with Crippen LogP contribution in [-0.2, 0) is 21.1 Å². The van der Waals surface area contributed by atoms with Crippen LogP contribution in [-0.4, -0.2) is 70.2 Å². The van der Waals surface area contributed by atoms with E-state index >= 15 is 0 Å². The van der Waals surface area contributed by atoms with Crippen LogP contribution in [0.4, 0.5) is 0 Å². The van der Waals surface area contributed by atoms with E-state index in [1.54, 1.807) is 23.4 Å². The molecule has 0 radical (unpaired) electrons. The van der Waals surface area contributed by atoms with E-state index in [0.717, 1.165) is 5.56 Å². The van der Waals surface area contributed by atoms with Gasteiger partial charge < -0.3 is 15.2 Å². The number of nitrogens with zero attached hydrogens (tertiary/aromatic N) is 3. The molecule has 9 nitrogen and oxygen atoms in total. The van der Waals surface area contributed by atoms with Crippen molar-refractivity contribution >= 4 is 21.7 Å². The zero-order valence-electron chi connectivity index (χ0n) is 14.4. The highest BCUT2D eigenvalue weighted by Gasteiger charge is 2.53. The van der Waals surface area contributed by atoms with Gasteiger partial charge in [0.15, 0.2) is 9.84 Å². The van der Waals surface area contributed by atoms with Gasteiger partial charge in [-0.1, -0.05) is 6.07 Å². The maximum absolute atomic E-state index is 12.6. The molecule has 142 valence electrons. The number of aromatic nitrogens is 3. The van der Waals surface area contributed by atoms with Crippen molar-refractivity contribution in [2.75, 3.05) is 18.8 Å². The first-order chi connectivity index (χ1) is 12.9. The van der Waals surface area contributed by atoms with Crippen molar-refractivity contribution in [3.8, 4) is 0 Å². The molecule has 2 fully saturated rings. The van der Waals surface area contributed by atoms with Gasteiger partial charge in [0.25, 0.3) is 5.91 Å². The second-order valence-corrected chi connectivity index (χ2v) is 9.18. The molecule has 0 unspecified atom stereocenters. The summed E-state index contributed by atoms with van der Waals surface area (Å²) in [6, 6.07) is 3.05. The van der Waals surface area contributed by atoms with E-state index < -0.39 is 27.0 Å². The first-order valence-electron chi connectivity index (χ1n) is 8.61. The van der Waals surface area contributed by atoms with Gasteiger partial charge in [0.2, 0.25) is 5.91 Å². The average Bonchev–Trinajstić information content (AvgIpc) is 3.35. The van der Waals surface area contributed by atoms with Crippen LogP contribution in [0.2, 0.25) is 0 Å². The van der Waals surface area contributed by atoms with Gasteiger partial charge in [-0.15, -0.1) is 0 Å². The molecule has 2 aromatic heterocycles. The maximum Gasteiger partial charge on any atom is 0.269 e. The van der Waals surface area contributed by atoms with Crippen molar-refractivity contribution in [2.24, 2.45) is 5.92 Å². The molecule has 2 aliphatic rings. The Labute approximate surface area is 156 Å². The first kappa shape index (κ1) is 17.7. The number of fused-ring (bicyclic) bond motifs is 1. The molecule has 0 saturated carbocycles. The summed E-state index contributed by atoms with van der Waals surface area (Å²) in [5.41, 5.74) is 1.06. The van der Waals surface area contributed by atoms with Crippen molar-refractivity contribution in [3.63, 3.8) is 0 Å². The van der Waals surface area contributed by atoms with Gasteiger partial charge in [-0.25, -0.2) is 13.4 Å². The standard InChI is InChI=1S/C17H19N5O4S/c23-16(4-11-2-1-3-18-5-11)22-7-12-14(9-27(25,26)15(12)8-22)21-17(24)13-6-19-10-20-13/h1-3,5-6,10,12,14-15H,4,7-9H2,(H,19,20)(H,21,24)/t12-,14+,15-/m0/s1. The van der Waals surface area contributed by atoms with Gasteiger partial charge in [0.1, 0.15) is 5.69 Å². The third-order valence-corrected chi connectivity index (χ3v) is 7.43. The van der Waals surface area contributed by atoms with E-state index in [1.165, 1.54) is 12.5 Å². The summed E-state index contributed by atoms with van der Waals surface area (Å²) in [6.07, 6.45) is 6.21. The van der Waals surface area contributed by atoms with Gasteiger partial charge in [-0.05, 0) is 11.6 Å². The van der Waals surface area contributed by atoms with Crippen molar-refractivity contribution in [1.29, 1.82) is 0 Å². The number of hydrogen-bond donors (Lipinski definition) is 2. The van der Waals surface area contributed by atoms with Crippen LogP contribution in [0.1, 0.15) is 16.1 Å². The maximum atomic E-state index is 12.6.